The Morgan fingerprint density at radius 1 is 0.761 bits per heavy atom. The Hall–Kier alpha value is -4.77. The summed E-state index contributed by atoms with van der Waals surface area (Å²) in [5, 5.41) is 17.0. The predicted molar refractivity (Wildman–Crippen MR) is 161 cm³/mol. The summed E-state index contributed by atoms with van der Waals surface area (Å²) >= 11 is 0. The van der Waals surface area contributed by atoms with Gasteiger partial charge in [-0.3, -0.25) is 43.2 Å². The monoisotopic (exact) mass is 651 g/mol. The van der Waals surface area contributed by atoms with Crippen LogP contribution in [0.4, 0.5) is 0 Å². The van der Waals surface area contributed by atoms with E-state index in [1.807, 2.05) is 0 Å². The number of rotatable bonds is 6. The highest BCUT2D eigenvalue weighted by molar-refractivity contribution is 5.98. The van der Waals surface area contributed by atoms with E-state index in [2.05, 4.69) is 37.2 Å². The van der Waals surface area contributed by atoms with Gasteiger partial charge in [-0.1, -0.05) is 33.6 Å². The van der Waals surface area contributed by atoms with Gasteiger partial charge in [-0.05, 0) is 25.2 Å². The Morgan fingerprint density at radius 2 is 1.30 bits per heavy atom. The van der Waals surface area contributed by atoms with Crippen molar-refractivity contribution >= 4 is 53.2 Å². The first-order valence-electron chi connectivity index (χ1n) is 15.3. The van der Waals surface area contributed by atoms with E-state index in [1.165, 1.54) is 4.90 Å². The number of primary amides is 1. The second-order valence-electron chi connectivity index (χ2n) is 11.2. The van der Waals surface area contributed by atoms with E-state index in [4.69, 9.17) is 5.73 Å². The molecule has 256 valence electrons. The maximum absolute atomic E-state index is 13.5. The summed E-state index contributed by atoms with van der Waals surface area (Å²) in [7, 11) is 0. The van der Waals surface area contributed by atoms with Crippen LogP contribution < -0.4 is 43.0 Å². The van der Waals surface area contributed by atoms with Crippen LogP contribution in [0.15, 0.2) is 0 Å². The minimum absolute atomic E-state index is 0.130. The maximum Gasteiger partial charge on any atom is 0.246 e. The van der Waals surface area contributed by atoms with Gasteiger partial charge in [-0.2, -0.15) is 0 Å². The standard InChI is InChI=1S/C28H45N9O9/c1-4-7-16-25(43)32-11-20(39)31-14-23(42)35-17(10-19(29)38)28(46)37-9-6-8-18(37)26(44)36-24(15(3)5-2)27(45)33-12-21(40)30-13-22(41)34-16/h15-18,24H,4-14H2,1-3H3,(H2,29,38)(H,30,40)(H,31,39)(H,32,43)(H,33,45)(H,34,41)(H,35,42)(H,36,44)/t15?,16?,17-,18-,24-/m0/s1. The van der Waals surface area contributed by atoms with Crippen molar-refractivity contribution in [2.45, 2.75) is 83.5 Å². The van der Waals surface area contributed by atoms with Gasteiger partial charge in [0.25, 0.3) is 0 Å². The van der Waals surface area contributed by atoms with Gasteiger partial charge in [0.05, 0.1) is 32.6 Å². The van der Waals surface area contributed by atoms with Crippen molar-refractivity contribution in [2.24, 2.45) is 11.7 Å². The highest BCUT2D eigenvalue weighted by Crippen LogP contribution is 2.20. The molecule has 2 aliphatic rings. The number of carbonyl (C=O) groups is 9. The smallest absolute Gasteiger partial charge is 0.246 e. The zero-order chi connectivity index (χ0) is 34.4. The summed E-state index contributed by atoms with van der Waals surface area (Å²) in [5.74, 6) is -6.96. The molecule has 0 aromatic heterocycles. The van der Waals surface area contributed by atoms with Crippen LogP contribution in [-0.4, -0.2) is 115 Å². The van der Waals surface area contributed by atoms with Crippen LogP contribution in [0.3, 0.4) is 0 Å². The van der Waals surface area contributed by atoms with Crippen LogP contribution in [0, 0.1) is 5.92 Å². The fourth-order valence-electron chi connectivity index (χ4n) is 4.95. The van der Waals surface area contributed by atoms with Crippen molar-refractivity contribution in [2.75, 3.05) is 32.7 Å². The van der Waals surface area contributed by atoms with Crippen molar-refractivity contribution in [1.82, 2.24) is 42.1 Å². The second kappa shape index (κ2) is 18.3. The molecular weight excluding hydrogens is 606 g/mol. The molecule has 5 atom stereocenters. The average Bonchev–Trinajstić information content (AvgIpc) is 3.51. The maximum atomic E-state index is 13.5. The molecule has 2 rings (SSSR count). The van der Waals surface area contributed by atoms with Gasteiger partial charge in [0.15, 0.2) is 0 Å². The Labute approximate surface area is 266 Å². The quantitative estimate of drug-likeness (QED) is 0.138. The Bertz CT molecular complexity index is 1190. The minimum atomic E-state index is -1.44. The van der Waals surface area contributed by atoms with E-state index in [1.54, 1.807) is 20.8 Å². The molecule has 0 bridgehead atoms. The van der Waals surface area contributed by atoms with Gasteiger partial charge in [0.1, 0.15) is 24.2 Å². The molecule has 0 aliphatic carbocycles. The lowest BCUT2D eigenvalue weighted by molar-refractivity contribution is -0.143. The van der Waals surface area contributed by atoms with Crippen molar-refractivity contribution in [3.63, 3.8) is 0 Å². The first kappa shape index (κ1) is 37.4. The Morgan fingerprint density at radius 3 is 1.85 bits per heavy atom. The molecule has 46 heavy (non-hydrogen) atoms. The first-order valence-corrected chi connectivity index (χ1v) is 15.3. The summed E-state index contributed by atoms with van der Waals surface area (Å²) in [6.45, 7) is 3.28. The Balaban J connectivity index is 2.32. The summed E-state index contributed by atoms with van der Waals surface area (Å²) in [5.41, 5.74) is 5.32. The van der Waals surface area contributed by atoms with Crippen molar-refractivity contribution in [3.8, 4) is 0 Å². The fourth-order valence-corrected chi connectivity index (χ4v) is 4.95. The number of nitrogens with two attached hydrogens (primary N) is 1. The van der Waals surface area contributed by atoms with Crippen molar-refractivity contribution in [3.05, 3.63) is 0 Å². The predicted octanol–water partition coefficient (Wildman–Crippen LogP) is -4.37. The third-order valence-electron chi connectivity index (χ3n) is 7.64. The lowest BCUT2D eigenvalue weighted by atomic mass is 9.97. The normalized spacial score (nSPS) is 25.8. The third kappa shape index (κ3) is 11.6. The summed E-state index contributed by atoms with van der Waals surface area (Å²) in [4.78, 5) is 115. The van der Waals surface area contributed by atoms with Crippen LogP contribution in [0.2, 0.25) is 0 Å². The lowest BCUT2D eigenvalue weighted by Crippen LogP contribution is -2.58. The number of hydrogen-bond donors (Lipinski definition) is 8. The fraction of sp³-hybridized carbons (Fsp3) is 0.679. The highest BCUT2D eigenvalue weighted by Gasteiger charge is 2.40. The van der Waals surface area contributed by atoms with E-state index in [9.17, 15) is 43.2 Å². The van der Waals surface area contributed by atoms with Gasteiger partial charge < -0.3 is 47.9 Å². The molecule has 2 heterocycles. The molecule has 2 aliphatic heterocycles. The zero-order valence-electron chi connectivity index (χ0n) is 26.4. The zero-order valence-corrected chi connectivity index (χ0v) is 26.4. The van der Waals surface area contributed by atoms with Crippen LogP contribution in [0.1, 0.15) is 59.3 Å². The number of amides is 9. The van der Waals surface area contributed by atoms with Crippen molar-refractivity contribution < 1.29 is 43.2 Å². The molecule has 0 spiro atoms. The van der Waals surface area contributed by atoms with Gasteiger partial charge in [0.2, 0.25) is 53.2 Å². The van der Waals surface area contributed by atoms with E-state index >= 15 is 0 Å². The molecule has 9 amide bonds. The van der Waals surface area contributed by atoms with Gasteiger partial charge in [-0.15, -0.1) is 0 Å². The summed E-state index contributed by atoms with van der Waals surface area (Å²) < 4.78 is 0. The first-order chi connectivity index (χ1) is 21.8. The van der Waals surface area contributed by atoms with Crippen LogP contribution in [0.25, 0.3) is 0 Å². The van der Waals surface area contributed by atoms with Crippen molar-refractivity contribution in [1.29, 1.82) is 0 Å². The molecule has 2 unspecified atom stereocenters. The minimum Gasteiger partial charge on any atom is -0.370 e. The molecule has 9 N–H and O–H groups in total. The average molecular weight is 652 g/mol. The highest BCUT2D eigenvalue weighted by atomic mass is 16.2. The number of fused-ring (bicyclic) bond motifs is 1. The van der Waals surface area contributed by atoms with Crippen LogP contribution in [-0.2, 0) is 43.2 Å². The van der Waals surface area contributed by atoms with E-state index in [-0.39, 0.29) is 25.3 Å². The van der Waals surface area contributed by atoms with Gasteiger partial charge in [-0.25, -0.2) is 0 Å². The van der Waals surface area contributed by atoms with Crippen LogP contribution in [0.5, 0.6) is 0 Å². The molecule has 2 saturated heterocycles. The third-order valence-corrected chi connectivity index (χ3v) is 7.64. The van der Waals surface area contributed by atoms with Crippen LogP contribution >= 0.6 is 0 Å². The number of nitrogens with zero attached hydrogens (tertiary/aromatic N) is 1. The summed E-state index contributed by atoms with van der Waals surface area (Å²) in [6, 6.07) is -4.56. The summed E-state index contributed by atoms with van der Waals surface area (Å²) in [6.07, 6.45) is 1.30. The molecule has 2 fully saturated rings. The molecule has 0 radical (unpaired) electrons. The number of nitrogens with one attached hydrogen (secondary N) is 7. The molecule has 18 nitrogen and oxygen atoms in total. The molecule has 18 heteroatoms. The second-order valence-corrected chi connectivity index (χ2v) is 11.2. The van der Waals surface area contributed by atoms with Gasteiger partial charge in [0, 0.05) is 6.54 Å². The van der Waals surface area contributed by atoms with E-state index < -0.39 is 110 Å². The molecular formula is C28H45N9O9. The topological polar surface area (TPSA) is 267 Å². The van der Waals surface area contributed by atoms with Gasteiger partial charge >= 0.3 is 0 Å². The molecule has 0 aromatic carbocycles. The largest absolute Gasteiger partial charge is 0.370 e. The van der Waals surface area contributed by atoms with E-state index in [0.29, 0.717) is 19.3 Å². The van der Waals surface area contributed by atoms with E-state index in [0.717, 1.165) is 0 Å². The molecule has 0 saturated carbocycles. The Kier molecular flexibility index (Phi) is 14.9. The SMILES string of the molecule is CCCC1NC(=O)CNC(=O)CNC(=O)[C@H](C(C)CC)NC(=O)[C@@H]2CCCN2C(=O)[C@H](CC(N)=O)NC(=O)CNC(=O)CNC1=O. The number of hydrogen-bond acceptors (Lipinski definition) is 9. The molecule has 0 aromatic rings. The number of carbonyl (C=O) groups excluding carboxylic acids is 9. The lowest BCUT2D eigenvalue weighted by Gasteiger charge is -2.30.